The largest absolute Gasteiger partial charge is 0.476 e. The fraction of sp³-hybridized carbons (Fsp3) is 0.500. The van der Waals surface area contributed by atoms with E-state index in [4.69, 9.17) is 4.74 Å². The number of nitrogens with zero attached hydrogens (tertiary/aromatic N) is 3. The molecule has 80 valence electrons. The van der Waals surface area contributed by atoms with E-state index in [0.29, 0.717) is 29.6 Å². The number of hydrogen-bond acceptors (Lipinski definition) is 4. The lowest BCUT2D eigenvalue weighted by Crippen LogP contribution is -2.08. The number of hydrogen-bond donors (Lipinski definition) is 1. The Labute approximate surface area is 87.9 Å². The molecule has 1 unspecified atom stereocenters. The summed E-state index contributed by atoms with van der Waals surface area (Å²) < 4.78 is 5.60. The average molecular weight is 206 g/mol. The van der Waals surface area contributed by atoms with Gasteiger partial charge in [-0.15, -0.1) is 0 Å². The number of nitrogens with one attached hydrogen (secondary N) is 1. The van der Waals surface area contributed by atoms with Gasteiger partial charge in [0.25, 0.3) is 0 Å². The monoisotopic (exact) mass is 206 g/mol. The van der Waals surface area contributed by atoms with Crippen LogP contribution in [-0.2, 0) is 0 Å². The van der Waals surface area contributed by atoms with Crippen molar-refractivity contribution >= 4 is 11.2 Å². The molecule has 1 N–H and O–H groups in total. The number of fused-ring (bicyclic) bond motifs is 1. The van der Waals surface area contributed by atoms with Crippen LogP contribution >= 0.6 is 0 Å². The van der Waals surface area contributed by atoms with Crippen LogP contribution in [-0.4, -0.2) is 26.5 Å². The second-order valence-electron chi connectivity index (χ2n) is 3.60. The molecule has 0 aliphatic heterocycles. The van der Waals surface area contributed by atoms with Gasteiger partial charge >= 0.3 is 0 Å². The van der Waals surface area contributed by atoms with Gasteiger partial charge in [-0.3, -0.25) is 0 Å². The van der Waals surface area contributed by atoms with Crippen LogP contribution in [0.4, 0.5) is 0 Å². The maximum absolute atomic E-state index is 5.60. The van der Waals surface area contributed by atoms with Crippen molar-refractivity contribution in [3.05, 3.63) is 12.7 Å². The molecule has 1 atom stereocenters. The van der Waals surface area contributed by atoms with Crippen LogP contribution in [0, 0.1) is 5.92 Å². The number of rotatable bonds is 4. The molecule has 2 aromatic rings. The molecule has 0 aromatic carbocycles. The Morgan fingerprint density at radius 1 is 1.40 bits per heavy atom. The summed E-state index contributed by atoms with van der Waals surface area (Å²) in [6.07, 6.45) is 4.16. The third kappa shape index (κ3) is 2.06. The molecule has 0 saturated heterocycles. The molecule has 0 amide bonds. The topological polar surface area (TPSA) is 63.7 Å². The summed E-state index contributed by atoms with van der Waals surface area (Å²) >= 11 is 0. The van der Waals surface area contributed by atoms with Crippen molar-refractivity contribution in [1.29, 1.82) is 0 Å². The van der Waals surface area contributed by atoms with Crippen molar-refractivity contribution in [3.63, 3.8) is 0 Å². The Morgan fingerprint density at radius 3 is 3.07 bits per heavy atom. The fourth-order valence-corrected chi connectivity index (χ4v) is 1.19. The molecule has 0 fully saturated rings. The first kappa shape index (κ1) is 9.89. The standard InChI is InChI=1S/C10H14N4O/c1-3-7(2)4-15-10-8-9(12-5-11-8)13-6-14-10/h5-7H,3-4H2,1-2H3,(H,11,12,13,14). The van der Waals surface area contributed by atoms with Gasteiger partial charge in [-0.05, 0) is 5.92 Å². The third-order valence-corrected chi connectivity index (χ3v) is 2.39. The molecule has 0 spiro atoms. The first-order valence-corrected chi connectivity index (χ1v) is 5.08. The molecule has 0 radical (unpaired) electrons. The predicted molar refractivity (Wildman–Crippen MR) is 56.6 cm³/mol. The zero-order valence-electron chi connectivity index (χ0n) is 8.90. The second-order valence-corrected chi connectivity index (χ2v) is 3.60. The molecule has 0 saturated carbocycles. The summed E-state index contributed by atoms with van der Waals surface area (Å²) in [5, 5.41) is 0. The van der Waals surface area contributed by atoms with E-state index in [1.807, 2.05) is 0 Å². The van der Waals surface area contributed by atoms with Gasteiger partial charge < -0.3 is 9.72 Å². The number of ether oxygens (including phenoxy) is 1. The number of imidazole rings is 1. The Bertz CT molecular complexity index is 440. The van der Waals surface area contributed by atoms with Crippen LogP contribution in [0.3, 0.4) is 0 Å². The molecule has 15 heavy (non-hydrogen) atoms. The summed E-state index contributed by atoms with van der Waals surface area (Å²) in [5.74, 6) is 1.08. The summed E-state index contributed by atoms with van der Waals surface area (Å²) in [6.45, 7) is 4.94. The molecule has 2 aromatic heterocycles. The van der Waals surface area contributed by atoms with E-state index in [9.17, 15) is 0 Å². The minimum absolute atomic E-state index is 0.522. The Kier molecular flexibility index (Phi) is 2.80. The predicted octanol–water partition coefficient (Wildman–Crippen LogP) is 1.78. The SMILES string of the molecule is CCC(C)COc1ncnc2[nH]cnc12. The molecular formula is C10H14N4O. The minimum atomic E-state index is 0.522. The van der Waals surface area contributed by atoms with Crippen molar-refractivity contribution in [3.8, 4) is 5.88 Å². The Morgan fingerprint density at radius 2 is 2.27 bits per heavy atom. The van der Waals surface area contributed by atoms with Crippen molar-refractivity contribution in [2.24, 2.45) is 5.92 Å². The van der Waals surface area contributed by atoms with Gasteiger partial charge in [0.05, 0.1) is 12.9 Å². The lowest BCUT2D eigenvalue weighted by Gasteiger charge is -2.09. The molecule has 5 nitrogen and oxygen atoms in total. The van der Waals surface area contributed by atoms with Crippen molar-refractivity contribution in [2.45, 2.75) is 20.3 Å². The molecule has 2 rings (SSSR count). The maximum Gasteiger partial charge on any atom is 0.245 e. The van der Waals surface area contributed by atoms with Crippen molar-refractivity contribution in [2.75, 3.05) is 6.61 Å². The quantitative estimate of drug-likeness (QED) is 0.828. The van der Waals surface area contributed by atoms with E-state index in [0.717, 1.165) is 6.42 Å². The molecule has 5 heteroatoms. The van der Waals surface area contributed by atoms with Gasteiger partial charge in [-0.2, -0.15) is 4.98 Å². The van der Waals surface area contributed by atoms with Gasteiger partial charge in [0.2, 0.25) is 5.88 Å². The van der Waals surface area contributed by atoms with Crippen molar-refractivity contribution < 1.29 is 4.74 Å². The highest BCUT2D eigenvalue weighted by Crippen LogP contribution is 2.17. The van der Waals surface area contributed by atoms with E-state index in [-0.39, 0.29) is 0 Å². The van der Waals surface area contributed by atoms with E-state index < -0.39 is 0 Å². The number of aromatic nitrogens is 4. The Balaban J connectivity index is 2.17. The molecule has 2 heterocycles. The van der Waals surface area contributed by atoms with Gasteiger partial charge in [0.1, 0.15) is 6.33 Å². The highest BCUT2D eigenvalue weighted by Gasteiger charge is 2.08. The van der Waals surface area contributed by atoms with Gasteiger partial charge in [0.15, 0.2) is 11.2 Å². The first-order valence-electron chi connectivity index (χ1n) is 5.08. The summed E-state index contributed by atoms with van der Waals surface area (Å²) in [5.41, 5.74) is 1.41. The summed E-state index contributed by atoms with van der Waals surface area (Å²) in [6, 6.07) is 0. The van der Waals surface area contributed by atoms with E-state index in [2.05, 4.69) is 33.8 Å². The number of H-pyrrole nitrogens is 1. The van der Waals surface area contributed by atoms with Crippen LogP contribution in [0.2, 0.25) is 0 Å². The van der Waals surface area contributed by atoms with Crippen LogP contribution < -0.4 is 4.74 Å². The minimum Gasteiger partial charge on any atom is -0.476 e. The fourth-order valence-electron chi connectivity index (χ4n) is 1.19. The van der Waals surface area contributed by atoms with Crippen LogP contribution in [0.25, 0.3) is 11.2 Å². The first-order chi connectivity index (χ1) is 7.31. The highest BCUT2D eigenvalue weighted by molar-refractivity contribution is 5.74. The maximum atomic E-state index is 5.60. The van der Waals surface area contributed by atoms with Crippen LogP contribution in [0.5, 0.6) is 5.88 Å². The van der Waals surface area contributed by atoms with E-state index in [1.165, 1.54) is 6.33 Å². The van der Waals surface area contributed by atoms with Crippen LogP contribution in [0.15, 0.2) is 12.7 Å². The van der Waals surface area contributed by atoms with Gasteiger partial charge in [-0.1, -0.05) is 20.3 Å². The second kappa shape index (κ2) is 4.25. The van der Waals surface area contributed by atoms with Gasteiger partial charge in [0, 0.05) is 0 Å². The smallest absolute Gasteiger partial charge is 0.245 e. The number of aromatic amines is 1. The molecular weight excluding hydrogens is 192 g/mol. The normalized spacial score (nSPS) is 12.9. The van der Waals surface area contributed by atoms with E-state index >= 15 is 0 Å². The zero-order valence-corrected chi connectivity index (χ0v) is 8.90. The van der Waals surface area contributed by atoms with E-state index in [1.54, 1.807) is 6.33 Å². The average Bonchev–Trinajstić information content (AvgIpc) is 2.74. The molecule has 0 aliphatic carbocycles. The zero-order chi connectivity index (χ0) is 10.7. The lowest BCUT2D eigenvalue weighted by molar-refractivity contribution is 0.250. The highest BCUT2D eigenvalue weighted by atomic mass is 16.5. The lowest BCUT2D eigenvalue weighted by atomic mass is 10.1. The Hall–Kier alpha value is -1.65. The van der Waals surface area contributed by atoms with Crippen molar-refractivity contribution in [1.82, 2.24) is 19.9 Å². The van der Waals surface area contributed by atoms with Crippen LogP contribution in [0.1, 0.15) is 20.3 Å². The molecule has 0 aliphatic rings. The molecule has 0 bridgehead atoms. The third-order valence-electron chi connectivity index (χ3n) is 2.39. The summed E-state index contributed by atoms with van der Waals surface area (Å²) in [4.78, 5) is 15.1. The van der Waals surface area contributed by atoms with Gasteiger partial charge in [-0.25, -0.2) is 9.97 Å². The summed E-state index contributed by atoms with van der Waals surface area (Å²) in [7, 11) is 0.